The molecule has 96 valence electrons. The molecule has 0 amide bonds. The molecule has 2 N–H and O–H groups in total. The van der Waals surface area contributed by atoms with E-state index in [1.807, 2.05) is 7.05 Å². The van der Waals surface area contributed by atoms with Crippen LogP contribution >= 0.6 is 24.0 Å². The Labute approximate surface area is 116 Å². The average Bonchev–Trinajstić information content (AvgIpc) is 2.68. The van der Waals surface area contributed by atoms with Gasteiger partial charge in [0.05, 0.1) is 0 Å². The Morgan fingerprint density at radius 2 is 2.25 bits per heavy atom. The van der Waals surface area contributed by atoms with Crippen LogP contribution in [0.15, 0.2) is 4.99 Å². The van der Waals surface area contributed by atoms with Crippen molar-refractivity contribution < 1.29 is 0 Å². The van der Waals surface area contributed by atoms with Gasteiger partial charge < -0.3 is 15.5 Å². The van der Waals surface area contributed by atoms with Gasteiger partial charge in [0.2, 0.25) is 0 Å². The average molecular weight is 340 g/mol. The first-order chi connectivity index (χ1) is 7.30. The van der Waals surface area contributed by atoms with Crippen molar-refractivity contribution in [1.82, 2.24) is 15.5 Å². The summed E-state index contributed by atoms with van der Waals surface area (Å²) in [5, 5.41) is 6.37. The SMILES string of the molecule is CCCN1CCC(CNC(=NC)NC)C1.I. The van der Waals surface area contributed by atoms with Gasteiger partial charge in [-0.05, 0) is 31.8 Å². The van der Waals surface area contributed by atoms with Gasteiger partial charge in [-0.2, -0.15) is 0 Å². The van der Waals surface area contributed by atoms with Crippen LogP contribution in [0.3, 0.4) is 0 Å². The summed E-state index contributed by atoms with van der Waals surface area (Å²) >= 11 is 0. The molecule has 1 saturated heterocycles. The van der Waals surface area contributed by atoms with Crippen LogP contribution < -0.4 is 10.6 Å². The number of hydrogen-bond donors (Lipinski definition) is 2. The fraction of sp³-hybridized carbons (Fsp3) is 0.909. The Balaban J connectivity index is 0.00000225. The highest BCUT2D eigenvalue weighted by atomic mass is 127. The normalized spacial score (nSPS) is 21.7. The number of halogens is 1. The number of rotatable bonds is 4. The van der Waals surface area contributed by atoms with E-state index in [9.17, 15) is 0 Å². The fourth-order valence-corrected chi connectivity index (χ4v) is 2.12. The van der Waals surface area contributed by atoms with Crippen molar-refractivity contribution in [2.75, 3.05) is 40.3 Å². The van der Waals surface area contributed by atoms with Gasteiger partial charge in [0, 0.05) is 27.2 Å². The highest BCUT2D eigenvalue weighted by molar-refractivity contribution is 14.0. The molecule has 1 aliphatic rings. The maximum atomic E-state index is 4.10. The summed E-state index contributed by atoms with van der Waals surface area (Å²) in [5.74, 6) is 1.67. The molecular formula is C11H25IN4. The van der Waals surface area contributed by atoms with Gasteiger partial charge in [-0.25, -0.2) is 0 Å². The van der Waals surface area contributed by atoms with E-state index < -0.39 is 0 Å². The van der Waals surface area contributed by atoms with E-state index in [1.165, 1.54) is 32.5 Å². The molecule has 0 aromatic carbocycles. The molecule has 0 radical (unpaired) electrons. The van der Waals surface area contributed by atoms with Crippen molar-refractivity contribution >= 4 is 29.9 Å². The van der Waals surface area contributed by atoms with Crippen molar-refractivity contribution in [3.63, 3.8) is 0 Å². The molecule has 0 spiro atoms. The van der Waals surface area contributed by atoms with Crippen LogP contribution in [0, 0.1) is 5.92 Å². The minimum atomic E-state index is 0. The van der Waals surface area contributed by atoms with Gasteiger partial charge in [0.25, 0.3) is 0 Å². The second-order valence-electron chi connectivity index (χ2n) is 4.16. The lowest BCUT2D eigenvalue weighted by molar-refractivity contribution is 0.324. The summed E-state index contributed by atoms with van der Waals surface area (Å²) in [6.07, 6.45) is 2.58. The van der Waals surface area contributed by atoms with Crippen LogP contribution in [-0.2, 0) is 0 Å². The molecule has 16 heavy (non-hydrogen) atoms. The molecular weight excluding hydrogens is 315 g/mol. The second-order valence-corrected chi connectivity index (χ2v) is 4.16. The first-order valence-electron chi connectivity index (χ1n) is 5.90. The molecule has 0 saturated carbocycles. The first-order valence-corrected chi connectivity index (χ1v) is 5.90. The van der Waals surface area contributed by atoms with Crippen LogP contribution in [0.2, 0.25) is 0 Å². The van der Waals surface area contributed by atoms with Gasteiger partial charge in [-0.1, -0.05) is 6.92 Å². The van der Waals surface area contributed by atoms with Gasteiger partial charge in [0.1, 0.15) is 0 Å². The lowest BCUT2D eigenvalue weighted by atomic mass is 10.1. The van der Waals surface area contributed by atoms with Crippen LogP contribution in [0.25, 0.3) is 0 Å². The van der Waals surface area contributed by atoms with E-state index in [4.69, 9.17) is 0 Å². The van der Waals surface area contributed by atoms with Gasteiger partial charge in [-0.15, -0.1) is 24.0 Å². The molecule has 1 unspecified atom stereocenters. The van der Waals surface area contributed by atoms with E-state index in [2.05, 4.69) is 27.4 Å². The van der Waals surface area contributed by atoms with Crippen LogP contribution in [0.4, 0.5) is 0 Å². The summed E-state index contributed by atoms with van der Waals surface area (Å²) < 4.78 is 0. The molecule has 0 bridgehead atoms. The maximum absolute atomic E-state index is 4.10. The first kappa shape index (κ1) is 16.0. The van der Waals surface area contributed by atoms with Gasteiger partial charge in [-0.3, -0.25) is 4.99 Å². The van der Waals surface area contributed by atoms with Gasteiger partial charge >= 0.3 is 0 Å². The smallest absolute Gasteiger partial charge is 0.190 e. The number of aliphatic imine (C=N–C) groups is 1. The number of hydrogen-bond acceptors (Lipinski definition) is 2. The minimum absolute atomic E-state index is 0. The number of likely N-dealkylation sites (tertiary alicyclic amines) is 1. The zero-order chi connectivity index (χ0) is 11.1. The van der Waals surface area contributed by atoms with E-state index in [0.29, 0.717) is 0 Å². The Morgan fingerprint density at radius 1 is 1.50 bits per heavy atom. The summed E-state index contributed by atoms with van der Waals surface area (Å²) in [6.45, 7) is 7.03. The van der Waals surface area contributed by atoms with E-state index in [-0.39, 0.29) is 24.0 Å². The maximum Gasteiger partial charge on any atom is 0.190 e. The topological polar surface area (TPSA) is 39.7 Å². The monoisotopic (exact) mass is 340 g/mol. The zero-order valence-corrected chi connectivity index (χ0v) is 13.0. The molecule has 5 heteroatoms. The molecule has 1 fully saturated rings. The minimum Gasteiger partial charge on any atom is -0.359 e. The molecule has 0 aliphatic carbocycles. The van der Waals surface area contributed by atoms with E-state index in [1.54, 1.807) is 7.05 Å². The predicted molar refractivity (Wildman–Crippen MR) is 80.7 cm³/mol. The summed E-state index contributed by atoms with van der Waals surface area (Å²) in [4.78, 5) is 6.65. The van der Waals surface area contributed by atoms with Crippen LogP contribution in [0.5, 0.6) is 0 Å². The Morgan fingerprint density at radius 3 is 2.81 bits per heavy atom. The van der Waals surface area contributed by atoms with Crippen molar-refractivity contribution in [3.05, 3.63) is 0 Å². The van der Waals surface area contributed by atoms with Crippen LogP contribution in [-0.4, -0.2) is 51.1 Å². The highest BCUT2D eigenvalue weighted by Gasteiger charge is 2.21. The third-order valence-corrected chi connectivity index (χ3v) is 2.93. The molecule has 1 rings (SSSR count). The van der Waals surface area contributed by atoms with Crippen molar-refractivity contribution in [2.45, 2.75) is 19.8 Å². The fourth-order valence-electron chi connectivity index (χ4n) is 2.12. The third kappa shape index (κ3) is 5.34. The third-order valence-electron chi connectivity index (χ3n) is 2.93. The molecule has 4 nitrogen and oxygen atoms in total. The second kappa shape index (κ2) is 9.04. The highest BCUT2D eigenvalue weighted by Crippen LogP contribution is 2.15. The van der Waals surface area contributed by atoms with Crippen molar-refractivity contribution in [3.8, 4) is 0 Å². The summed E-state index contributed by atoms with van der Waals surface area (Å²) in [6, 6.07) is 0. The molecule has 1 atom stereocenters. The lowest BCUT2D eigenvalue weighted by Gasteiger charge is -2.15. The number of nitrogens with one attached hydrogen (secondary N) is 2. The zero-order valence-electron chi connectivity index (χ0n) is 10.6. The number of guanidine groups is 1. The predicted octanol–water partition coefficient (Wildman–Crippen LogP) is 1.13. The molecule has 0 aromatic rings. The standard InChI is InChI=1S/C11H24N4.HI/c1-4-6-15-7-5-10(9-15)8-14-11(12-2)13-3;/h10H,4-9H2,1-3H3,(H2,12,13,14);1H. The molecule has 0 aromatic heterocycles. The number of nitrogens with zero attached hydrogens (tertiary/aromatic N) is 2. The quantitative estimate of drug-likeness (QED) is 0.458. The molecule has 1 heterocycles. The van der Waals surface area contributed by atoms with Crippen molar-refractivity contribution in [1.29, 1.82) is 0 Å². The van der Waals surface area contributed by atoms with E-state index >= 15 is 0 Å². The van der Waals surface area contributed by atoms with Gasteiger partial charge in [0.15, 0.2) is 5.96 Å². The van der Waals surface area contributed by atoms with E-state index in [0.717, 1.165) is 18.4 Å². The largest absolute Gasteiger partial charge is 0.359 e. The Bertz CT molecular complexity index is 208. The summed E-state index contributed by atoms with van der Waals surface area (Å²) in [5.41, 5.74) is 0. The summed E-state index contributed by atoms with van der Waals surface area (Å²) in [7, 11) is 3.70. The Hall–Kier alpha value is -0.0400. The van der Waals surface area contributed by atoms with Crippen molar-refractivity contribution in [2.24, 2.45) is 10.9 Å². The molecule has 1 aliphatic heterocycles. The lowest BCUT2D eigenvalue weighted by Crippen LogP contribution is -2.38. The Kier molecular flexibility index (Phi) is 9.02. The van der Waals surface area contributed by atoms with Crippen LogP contribution in [0.1, 0.15) is 19.8 Å².